The van der Waals surface area contributed by atoms with Gasteiger partial charge in [0.1, 0.15) is 6.54 Å². The summed E-state index contributed by atoms with van der Waals surface area (Å²) in [6.07, 6.45) is -1.63. The second kappa shape index (κ2) is 10.7. The molecule has 0 heterocycles. The molecule has 7 heteroatoms. The minimum absolute atomic E-state index is 0.0390. The number of likely N-dealkylation sites (N-methyl/N-ethyl adjacent to an activating group) is 1. The Morgan fingerprint density at radius 3 is 2.11 bits per heavy atom. The van der Waals surface area contributed by atoms with Gasteiger partial charge in [-0.1, -0.05) is 60.7 Å². The van der Waals surface area contributed by atoms with Crippen LogP contribution in [-0.2, 0) is 31.9 Å². The highest BCUT2D eigenvalue weighted by Crippen LogP contribution is 2.08. The lowest BCUT2D eigenvalue weighted by Gasteiger charge is -2.20. The van der Waals surface area contributed by atoms with E-state index in [1.807, 2.05) is 36.4 Å². The van der Waals surface area contributed by atoms with Gasteiger partial charge in [0.2, 0.25) is 6.10 Å². The van der Waals surface area contributed by atoms with E-state index < -0.39 is 24.1 Å². The Morgan fingerprint density at radius 1 is 0.964 bits per heavy atom. The summed E-state index contributed by atoms with van der Waals surface area (Å²) in [7, 11) is 1.35. The lowest BCUT2D eigenvalue weighted by Crippen LogP contribution is -2.38. The van der Waals surface area contributed by atoms with Crippen LogP contribution < -0.4 is 0 Å². The van der Waals surface area contributed by atoms with Crippen molar-refractivity contribution in [2.75, 3.05) is 20.2 Å². The van der Waals surface area contributed by atoms with Crippen LogP contribution in [0.2, 0.25) is 0 Å². The molecule has 1 atom stereocenters. The molecule has 0 saturated carbocycles. The van der Waals surface area contributed by atoms with E-state index in [1.165, 1.54) is 7.05 Å². The monoisotopic (exact) mass is 385 g/mol. The number of amides is 1. The Morgan fingerprint density at radius 2 is 1.54 bits per heavy atom. The normalized spacial score (nSPS) is 11.3. The molecule has 0 radical (unpaired) electrons. The van der Waals surface area contributed by atoms with Gasteiger partial charge in [0, 0.05) is 19.9 Å². The highest BCUT2D eigenvalue weighted by atomic mass is 16.6. The number of hydrogen-bond donors (Lipinski definition) is 1. The van der Waals surface area contributed by atoms with Gasteiger partial charge in [0.05, 0.1) is 6.61 Å². The summed E-state index contributed by atoms with van der Waals surface area (Å²) >= 11 is 0. The van der Waals surface area contributed by atoms with Gasteiger partial charge in [-0.05, 0) is 11.1 Å². The average molecular weight is 385 g/mol. The van der Waals surface area contributed by atoms with Crippen LogP contribution in [0.15, 0.2) is 60.7 Å². The number of rotatable bonds is 9. The van der Waals surface area contributed by atoms with Crippen LogP contribution >= 0.6 is 0 Å². The molecule has 0 spiro atoms. The van der Waals surface area contributed by atoms with E-state index in [4.69, 9.17) is 9.47 Å². The van der Waals surface area contributed by atoms with Crippen LogP contribution in [0.4, 0.5) is 4.79 Å². The van der Waals surface area contributed by atoms with Crippen LogP contribution in [0.1, 0.15) is 11.1 Å². The number of carboxylic acids is 1. The molecule has 2 rings (SSSR count). The lowest BCUT2D eigenvalue weighted by atomic mass is 10.1. The largest absolute Gasteiger partial charge is 0.478 e. The van der Waals surface area contributed by atoms with E-state index in [1.54, 1.807) is 24.3 Å². The maximum atomic E-state index is 12.1. The first-order chi connectivity index (χ1) is 13.5. The summed E-state index contributed by atoms with van der Waals surface area (Å²) in [5.41, 5.74) is 1.76. The minimum atomic E-state index is -1.34. The van der Waals surface area contributed by atoms with Crippen molar-refractivity contribution in [2.45, 2.75) is 18.9 Å². The molecular formula is C21H23NO6. The van der Waals surface area contributed by atoms with E-state index in [9.17, 15) is 19.5 Å². The Bertz CT molecular complexity index is 778. The number of aliphatic carboxylic acids is 1. The van der Waals surface area contributed by atoms with Crippen molar-refractivity contribution in [3.8, 4) is 0 Å². The first-order valence-corrected chi connectivity index (χ1v) is 8.83. The molecular weight excluding hydrogens is 362 g/mol. The fraction of sp³-hybridized carbons (Fsp3) is 0.286. The number of esters is 1. The van der Waals surface area contributed by atoms with Crippen molar-refractivity contribution >= 4 is 18.0 Å². The fourth-order valence-electron chi connectivity index (χ4n) is 2.45. The maximum Gasteiger partial charge on any atom is 0.410 e. The topological polar surface area (TPSA) is 93.1 Å². The third-order valence-electron chi connectivity index (χ3n) is 3.96. The summed E-state index contributed by atoms with van der Waals surface area (Å²) in [4.78, 5) is 36.3. The molecule has 0 aliphatic rings. The molecule has 148 valence electrons. The molecule has 0 aromatic heterocycles. The minimum Gasteiger partial charge on any atom is -0.478 e. The number of carbonyl (C=O) groups is 3. The molecule has 1 N–H and O–H groups in total. The van der Waals surface area contributed by atoms with Crippen LogP contribution in [0, 0.1) is 0 Å². The highest BCUT2D eigenvalue weighted by molar-refractivity contribution is 5.80. The molecule has 0 bridgehead atoms. The maximum absolute atomic E-state index is 12.1. The van der Waals surface area contributed by atoms with Crippen LogP contribution in [-0.4, -0.2) is 54.3 Å². The van der Waals surface area contributed by atoms with Crippen LogP contribution in [0.3, 0.4) is 0 Å². The molecule has 1 amide bonds. The Labute approximate surface area is 163 Å². The Balaban J connectivity index is 1.78. The molecule has 28 heavy (non-hydrogen) atoms. The van der Waals surface area contributed by atoms with Gasteiger partial charge in [-0.15, -0.1) is 0 Å². The molecule has 0 saturated heterocycles. The second-order valence-corrected chi connectivity index (χ2v) is 6.21. The lowest BCUT2D eigenvalue weighted by molar-refractivity contribution is -0.147. The quantitative estimate of drug-likeness (QED) is 0.667. The van der Waals surface area contributed by atoms with E-state index in [0.29, 0.717) is 6.42 Å². The van der Waals surface area contributed by atoms with Crippen molar-refractivity contribution in [1.29, 1.82) is 0 Å². The molecule has 7 nitrogen and oxygen atoms in total. The summed E-state index contributed by atoms with van der Waals surface area (Å²) in [6.45, 7) is -0.136. The number of carboxylic acid groups (broad SMARTS) is 1. The predicted molar refractivity (Wildman–Crippen MR) is 102 cm³/mol. The predicted octanol–water partition coefficient (Wildman–Crippen LogP) is 2.54. The van der Waals surface area contributed by atoms with Gasteiger partial charge in [-0.25, -0.2) is 9.59 Å². The number of nitrogens with zero attached hydrogens (tertiary/aromatic N) is 1. The van der Waals surface area contributed by atoms with Gasteiger partial charge >= 0.3 is 18.0 Å². The molecule has 2 aromatic carbocycles. The summed E-state index contributed by atoms with van der Waals surface area (Å²) < 4.78 is 10.1. The van der Waals surface area contributed by atoms with Crippen molar-refractivity contribution in [3.05, 3.63) is 71.8 Å². The third kappa shape index (κ3) is 7.11. The van der Waals surface area contributed by atoms with E-state index in [2.05, 4.69) is 0 Å². The summed E-state index contributed by atoms with van der Waals surface area (Å²) in [6, 6.07) is 18.4. The van der Waals surface area contributed by atoms with E-state index in [-0.39, 0.29) is 19.6 Å². The molecule has 2 aromatic rings. The smallest absolute Gasteiger partial charge is 0.410 e. The van der Waals surface area contributed by atoms with E-state index in [0.717, 1.165) is 16.0 Å². The Kier molecular flexibility index (Phi) is 8.02. The van der Waals surface area contributed by atoms with Gasteiger partial charge in [0.25, 0.3) is 0 Å². The zero-order valence-electron chi connectivity index (χ0n) is 15.6. The van der Waals surface area contributed by atoms with Crippen LogP contribution in [0.5, 0.6) is 0 Å². The third-order valence-corrected chi connectivity index (χ3v) is 3.96. The van der Waals surface area contributed by atoms with Gasteiger partial charge in [-0.3, -0.25) is 4.79 Å². The first-order valence-electron chi connectivity index (χ1n) is 8.83. The van der Waals surface area contributed by atoms with Crippen molar-refractivity contribution in [1.82, 2.24) is 4.90 Å². The van der Waals surface area contributed by atoms with Crippen LogP contribution in [0.25, 0.3) is 0 Å². The molecule has 0 aliphatic heterocycles. The fourth-order valence-corrected chi connectivity index (χ4v) is 2.45. The van der Waals surface area contributed by atoms with Crippen molar-refractivity contribution in [3.63, 3.8) is 0 Å². The highest BCUT2D eigenvalue weighted by Gasteiger charge is 2.25. The first kappa shape index (κ1) is 21.0. The summed E-state index contributed by atoms with van der Waals surface area (Å²) in [5, 5.41) is 9.28. The van der Waals surface area contributed by atoms with Crippen molar-refractivity contribution < 1.29 is 29.0 Å². The standard InChI is InChI=1S/C21H23NO6/c1-22(15-19(23)27-13-12-16-8-4-2-5-9-16)21(26)28-18(20(24)25)14-17-10-6-3-7-11-17/h2-11,18H,12-15H2,1H3,(H,24,25). The number of hydrogen-bond acceptors (Lipinski definition) is 5. The number of carbonyl (C=O) groups excluding carboxylic acids is 2. The Hall–Kier alpha value is -3.35. The van der Waals surface area contributed by atoms with Gasteiger partial charge in [-0.2, -0.15) is 0 Å². The SMILES string of the molecule is CN(CC(=O)OCCc1ccccc1)C(=O)OC(Cc1ccccc1)C(=O)O. The van der Waals surface area contributed by atoms with E-state index >= 15 is 0 Å². The molecule has 1 unspecified atom stereocenters. The zero-order valence-corrected chi connectivity index (χ0v) is 15.6. The molecule has 0 fully saturated rings. The van der Waals surface area contributed by atoms with Crippen molar-refractivity contribution in [2.24, 2.45) is 0 Å². The summed E-state index contributed by atoms with van der Waals surface area (Å²) in [5.74, 6) is -1.85. The van der Waals surface area contributed by atoms with Gasteiger partial charge < -0.3 is 19.5 Å². The average Bonchev–Trinajstić information content (AvgIpc) is 2.69. The molecule has 0 aliphatic carbocycles. The second-order valence-electron chi connectivity index (χ2n) is 6.21. The van der Waals surface area contributed by atoms with Gasteiger partial charge in [0.15, 0.2) is 0 Å². The number of ether oxygens (including phenoxy) is 2. The zero-order chi connectivity index (χ0) is 20.4. The number of benzene rings is 2.